The molecule has 4 heteroatoms. The van der Waals surface area contributed by atoms with E-state index in [-0.39, 0.29) is 17.6 Å². The van der Waals surface area contributed by atoms with Crippen LogP contribution in [0.2, 0.25) is 0 Å². The summed E-state index contributed by atoms with van der Waals surface area (Å²) >= 11 is 0. The lowest BCUT2D eigenvalue weighted by Crippen LogP contribution is -2.42. The molecule has 0 heterocycles. The Morgan fingerprint density at radius 3 is 2.23 bits per heavy atom. The van der Waals surface area contributed by atoms with Crippen LogP contribution in [0, 0.1) is 5.82 Å². The molecule has 1 N–H and O–H groups in total. The number of halogens is 1. The Hall–Kier alpha value is -2.36. The minimum Gasteiger partial charge on any atom is -0.373 e. The van der Waals surface area contributed by atoms with Crippen molar-refractivity contribution in [3.63, 3.8) is 0 Å². The third-order valence-corrected chi connectivity index (χ3v) is 3.70. The number of hydrogen-bond acceptors (Lipinski definition) is 2. The minimum atomic E-state index is -0.533. The number of amides is 1. The van der Waals surface area contributed by atoms with Gasteiger partial charge in [0.05, 0.1) is 0 Å². The summed E-state index contributed by atoms with van der Waals surface area (Å²) in [5.41, 5.74) is 1.37. The monoisotopic (exact) mass is 300 g/mol. The molecule has 2 atom stereocenters. The van der Waals surface area contributed by atoms with E-state index in [1.165, 1.54) is 11.0 Å². The summed E-state index contributed by atoms with van der Waals surface area (Å²) in [6.07, 6.45) is 0. The molecule has 22 heavy (non-hydrogen) atoms. The normalized spacial score (nSPS) is 13.3. The van der Waals surface area contributed by atoms with Crippen molar-refractivity contribution in [3.8, 4) is 0 Å². The summed E-state index contributed by atoms with van der Waals surface area (Å²) < 4.78 is 14.1. The predicted octanol–water partition coefficient (Wildman–Crippen LogP) is 3.50. The molecule has 0 radical (unpaired) electrons. The first-order valence-electron chi connectivity index (χ1n) is 7.28. The Kier molecular flexibility index (Phi) is 5.15. The smallest absolute Gasteiger partial charge is 0.245 e. The summed E-state index contributed by atoms with van der Waals surface area (Å²) in [6, 6.07) is 15.5. The number of para-hydroxylation sites is 1. The van der Waals surface area contributed by atoms with Crippen molar-refractivity contribution in [3.05, 3.63) is 66.0 Å². The van der Waals surface area contributed by atoms with Crippen molar-refractivity contribution in [1.82, 2.24) is 4.90 Å². The standard InChI is InChI=1S/C18H21FN2O/c1-13(15-11-7-8-12-16(15)19)17(18(22)21(2)3)20-14-9-5-4-6-10-14/h4-13,17,20H,1-3H3/t13-,17-/m0/s1. The molecule has 0 aliphatic heterocycles. The number of likely N-dealkylation sites (N-methyl/N-ethyl adjacent to an activating group) is 1. The Morgan fingerprint density at radius 1 is 1.05 bits per heavy atom. The van der Waals surface area contributed by atoms with Crippen molar-refractivity contribution < 1.29 is 9.18 Å². The molecule has 3 nitrogen and oxygen atoms in total. The molecule has 0 saturated carbocycles. The van der Waals surface area contributed by atoms with E-state index in [0.29, 0.717) is 5.56 Å². The highest BCUT2D eigenvalue weighted by atomic mass is 19.1. The lowest BCUT2D eigenvalue weighted by Gasteiger charge is -2.28. The van der Waals surface area contributed by atoms with Gasteiger partial charge >= 0.3 is 0 Å². The Labute approximate surface area is 130 Å². The van der Waals surface area contributed by atoms with E-state index in [1.807, 2.05) is 37.3 Å². The van der Waals surface area contributed by atoms with Crippen LogP contribution in [0.15, 0.2) is 54.6 Å². The van der Waals surface area contributed by atoms with Crippen LogP contribution in [0.3, 0.4) is 0 Å². The molecule has 2 rings (SSSR count). The van der Waals surface area contributed by atoms with Crippen LogP contribution in [0.25, 0.3) is 0 Å². The second-order valence-electron chi connectivity index (χ2n) is 5.53. The van der Waals surface area contributed by atoms with E-state index >= 15 is 0 Å². The molecule has 0 aliphatic rings. The molecule has 0 aliphatic carbocycles. The fraction of sp³-hybridized carbons (Fsp3) is 0.278. The summed E-state index contributed by atoms with van der Waals surface area (Å²) in [4.78, 5) is 14.0. The van der Waals surface area contributed by atoms with Crippen molar-refractivity contribution >= 4 is 11.6 Å². The highest BCUT2D eigenvalue weighted by Gasteiger charge is 2.29. The maximum absolute atomic E-state index is 14.1. The van der Waals surface area contributed by atoms with Crippen molar-refractivity contribution in [1.29, 1.82) is 0 Å². The van der Waals surface area contributed by atoms with Crippen LogP contribution in [0.5, 0.6) is 0 Å². The van der Waals surface area contributed by atoms with Gasteiger partial charge in [0.1, 0.15) is 11.9 Å². The lowest BCUT2D eigenvalue weighted by atomic mass is 9.91. The van der Waals surface area contributed by atoms with Crippen LogP contribution in [-0.2, 0) is 4.79 Å². The molecule has 0 spiro atoms. The molecular weight excluding hydrogens is 279 g/mol. The molecular formula is C18H21FN2O. The molecule has 116 valence electrons. The second-order valence-corrected chi connectivity index (χ2v) is 5.53. The third-order valence-electron chi connectivity index (χ3n) is 3.70. The number of carbonyl (C=O) groups excluding carboxylic acids is 1. The average molecular weight is 300 g/mol. The van der Waals surface area contributed by atoms with Gasteiger partial charge in [0.2, 0.25) is 5.91 Å². The number of hydrogen-bond donors (Lipinski definition) is 1. The van der Waals surface area contributed by atoms with Gasteiger partial charge in [0.15, 0.2) is 0 Å². The maximum atomic E-state index is 14.1. The molecule has 2 aromatic rings. The first-order chi connectivity index (χ1) is 10.5. The molecule has 0 saturated heterocycles. The topological polar surface area (TPSA) is 32.3 Å². The predicted molar refractivity (Wildman–Crippen MR) is 87.4 cm³/mol. The molecule has 2 aromatic carbocycles. The highest BCUT2D eigenvalue weighted by molar-refractivity contribution is 5.85. The van der Waals surface area contributed by atoms with Gasteiger partial charge in [0, 0.05) is 25.7 Å². The Balaban J connectivity index is 2.32. The van der Waals surface area contributed by atoms with Crippen LogP contribution < -0.4 is 5.32 Å². The van der Waals surface area contributed by atoms with Crippen molar-refractivity contribution in [2.75, 3.05) is 19.4 Å². The SMILES string of the molecule is C[C@@H](c1ccccc1F)[C@H](Nc1ccccc1)C(=O)N(C)C. The molecule has 0 unspecified atom stereocenters. The van der Waals surface area contributed by atoms with E-state index in [9.17, 15) is 9.18 Å². The lowest BCUT2D eigenvalue weighted by molar-refractivity contribution is -0.129. The quantitative estimate of drug-likeness (QED) is 0.916. The summed E-state index contributed by atoms with van der Waals surface area (Å²) in [5.74, 6) is -0.669. The number of nitrogens with one attached hydrogen (secondary N) is 1. The number of rotatable bonds is 5. The zero-order valence-electron chi connectivity index (χ0n) is 13.1. The van der Waals surface area contributed by atoms with Crippen LogP contribution in [0.1, 0.15) is 18.4 Å². The largest absolute Gasteiger partial charge is 0.373 e. The van der Waals surface area contributed by atoms with Crippen molar-refractivity contribution in [2.24, 2.45) is 0 Å². The molecule has 0 aromatic heterocycles. The fourth-order valence-electron chi connectivity index (χ4n) is 2.42. The van der Waals surface area contributed by atoms with Gasteiger partial charge in [-0.2, -0.15) is 0 Å². The van der Waals surface area contributed by atoms with E-state index in [0.717, 1.165) is 5.69 Å². The number of carbonyl (C=O) groups is 1. The zero-order valence-corrected chi connectivity index (χ0v) is 13.1. The first-order valence-corrected chi connectivity index (χ1v) is 7.28. The van der Waals surface area contributed by atoms with E-state index in [1.54, 1.807) is 32.3 Å². The van der Waals surface area contributed by atoms with Gasteiger partial charge in [-0.1, -0.05) is 43.3 Å². The van der Waals surface area contributed by atoms with Gasteiger partial charge in [-0.15, -0.1) is 0 Å². The van der Waals surface area contributed by atoms with Gasteiger partial charge in [-0.05, 0) is 23.8 Å². The zero-order chi connectivity index (χ0) is 16.1. The van der Waals surface area contributed by atoms with E-state index in [2.05, 4.69) is 5.32 Å². The Morgan fingerprint density at radius 2 is 1.64 bits per heavy atom. The second kappa shape index (κ2) is 7.07. The summed E-state index contributed by atoms with van der Waals surface area (Å²) in [7, 11) is 3.41. The van der Waals surface area contributed by atoms with Crippen LogP contribution >= 0.6 is 0 Å². The Bertz CT molecular complexity index is 628. The summed E-state index contributed by atoms with van der Waals surface area (Å²) in [6.45, 7) is 1.86. The molecule has 0 bridgehead atoms. The summed E-state index contributed by atoms with van der Waals surface area (Å²) in [5, 5.41) is 3.23. The molecule has 0 fully saturated rings. The van der Waals surface area contributed by atoms with Gasteiger partial charge in [-0.3, -0.25) is 4.79 Å². The van der Waals surface area contributed by atoms with E-state index in [4.69, 9.17) is 0 Å². The van der Waals surface area contributed by atoms with Gasteiger partial charge in [0.25, 0.3) is 0 Å². The van der Waals surface area contributed by atoms with Gasteiger partial charge < -0.3 is 10.2 Å². The maximum Gasteiger partial charge on any atom is 0.245 e. The van der Waals surface area contributed by atoms with Crippen molar-refractivity contribution in [2.45, 2.75) is 18.9 Å². The average Bonchev–Trinajstić information content (AvgIpc) is 2.52. The van der Waals surface area contributed by atoms with Gasteiger partial charge in [-0.25, -0.2) is 4.39 Å². The fourth-order valence-corrected chi connectivity index (χ4v) is 2.42. The van der Waals surface area contributed by atoms with Crippen LogP contribution in [0.4, 0.5) is 10.1 Å². The number of anilines is 1. The minimum absolute atomic E-state index is 0.0837. The number of benzene rings is 2. The number of nitrogens with zero attached hydrogens (tertiary/aromatic N) is 1. The molecule has 1 amide bonds. The first kappa shape index (κ1) is 16.0. The third kappa shape index (κ3) is 3.64. The highest BCUT2D eigenvalue weighted by Crippen LogP contribution is 2.25. The van der Waals surface area contributed by atoms with Crippen LogP contribution in [-0.4, -0.2) is 30.9 Å². The van der Waals surface area contributed by atoms with E-state index < -0.39 is 6.04 Å².